The predicted octanol–water partition coefficient (Wildman–Crippen LogP) is 1.53. The van der Waals surface area contributed by atoms with Crippen LogP contribution in [0.25, 0.3) is 5.65 Å². The van der Waals surface area contributed by atoms with E-state index in [0.29, 0.717) is 0 Å². The molecule has 0 saturated heterocycles. The molecule has 0 amide bonds. The summed E-state index contributed by atoms with van der Waals surface area (Å²) in [4.78, 5) is 4.27. The Balaban J connectivity index is 2.66. The van der Waals surface area contributed by atoms with Gasteiger partial charge in [-0.2, -0.15) is 5.10 Å². The van der Waals surface area contributed by atoms with Crippen molar-refractivity contribution in [2.45, 2.75) is 0 Å². The van der Waals surface area contributed by atoms with E-state index in [-0.39, 0.29) is 0 Å². The van der Waals surface area contributed by atoms with E-state index in [1.54, 1.807) is 4.52 Å². The Morgan fingerprint density at radius 3 is 3.17 bits per heavy atom. The zero-order valence-corrected chi connectivity index (χ0v) is 8.04. The molecular formula is C7H7BrN4. The van der Waals surface area contributed by atoms with E-state index in [2.05, 4.69) is 31.3 Å². The predicted molar refractivity (Wildman–Crippen MR) is 50.2 cm³/mol. The molecule has 0 saturated carbocycles. The van der Waals surface area contributed by atoms with Crippen LogP contribution in [-0.4, -0.2) is 21.6 Å². The lowest BCUT2D eigenvalue weighted by molar-refractivity contribution is 0.928. The Morgan fingerprint density at radius 2 is 2.42 bits per heavy atom. The third kappa shape index (κ3) is 1.16. The molecule has 0 spiro atoms. The van der Waals surface area contributed by atoms with Crippen LogP contribution in [0.4, 0.5) is 5.82 Å². The normalized spacial score (nSPS) is 10.5. The van der Waals surface area contributed by atoms with E-state index in [0.717, 1.165) is 16.1 Å². The summed E-state index contributed by atoms with van der Waals surface area (Å²) in [5.74, 6) is 0.843. The number of hydrogen-bond donors (Lipinski definition) is 1. The lowest BCUT2D eigenvalue weighted by Crippen LogP contribution is -1.95. The average molecular weight is 227 g/mol. The molecule has 0 aliphatic carbocycles. The zero-order chi connectivity index (χ0) is 8.55. The fraction of sp³-hybridized carbons (Fsp3) is 0.143. The molecule has 62 valence electrons. The van der Waals surface area contributed by atoms with E-state index in [9.17, 15) is 0 Å². The van der Waals surface area contributed by atoms with Crippen molar-refractivity contribution in [2.75, 3.05) is 12.4 Å². The van der Waals surface area contributed by atoms with Crippen molar-refractivity contribution < 1.29 is 0 Å². The molecule has 0 bridgehead atoms. The van der Waals surface area contributed by atoms with Gasteiger partial charge in [0.25, 0.3) is 0 Å². The summed E-state index contributed by atoms with van der Waals surface area (Å²) in [5.41, 5.74) is 0.828. The highest BCUT2D eigenvalue weighted by Crippen LogP contribution is 2.11. The Kier molecular flexibility index (Phi) is 1.73. The first-order chi connectivity index (χ1) is 5.79. The highest BCUT2D eigenvalue weighted by atomic mass is 79.9. The topological polar surface area (TPSA) is 42.2 Å². The first-order valence-electron chi connectivity index (χ1n) is 3.49. The number of hydrogen-bond acceptors (Lipinski definition) is 3. The van der Waals surface area contributed by atoms with Crippen molar-refractivity contribution in [3.05, 3.63) is 22.9 Å². The number of anilines is 1. The van der Waals surface area contributed by atoms with Crippen LogP contribution in [-0.2, 0) is 0 Å². The van der Waals surface area contributed by atoms with Crippen LogP contribution in [0.2, 0.25) is 0 Å². The van der Waals surface area contributed by atoms with Crippen molar-refractivity contribution in [3.8, 4) is 0 Å². The van der Waals surface area contributed by atoms with Crippen LogP contribution < -0.4 is 5.32 Å². The molecule has 4 nitrogen and oxygen atoms in total. The molecule has 0 radical (unpaired) electrons. The molecular weight excluding hydrogens is 220 g/mol. The lowest BCUT2D eigenvalue weighted by atomic mass is 10.5. The largest absolute Gasteiger partial charge is 0.373 e. The molecule has 12 heavy (non-hydrogen) atoms. The molecule has 5 heteroatoms. The second kappa shape index (κ2) is 2.75. The fourth-order valence-electron chi connectivity index (χ4n) is 0.990. The number of fused-ring (bicyclic) bond motifs is 1. The number of nitrogens with zero attached hydrogens (tertiary/aromatic N) is 3. The second-order valence-corrected chi connectivity index (χ2v) is 3.15. The molecule has 0 atom stereocenters. The highest BCUT2D eigenvalue weighted by molar-refractivity contribution is 9.10. The van der Waals surface area contributed by atoms with Crippen molar-refractivity contribution in [1.82, 2.24) is 14.6 Å². The molecule has 1 N–H and O–H groups in total. The summed E-state index contributed by atoms with van der Waals surface area (Å²) in [6.45, 7) is 0. The summed E-state index contributed by atoms with van der Waals surface area (Å²) in [6, 6.07) is 3.73. The minimum atomic E-state index is 0.795. The van der Waals surface area contributed by atoms with Gasteiger partial charge in [0.1, 0.15) is 10.4 Å². The minimum absolute atomic E-state index is 0.795. The Morgan fingerprint density at radius 1 is 1.58 bits per heavy atom. The van der Waals surface area contributed by atoms with Crippen molar-refractivity contribution in [2.24, 2.45) is 0 Å². The van der Waals surface area contributed by atoms with Gasteiger partial charge >= 0.3 is 0 Å². The zero-order valence-electron chi connectivity index (χ0n) is 6.45. The minimum Gasteiger partial charge on any atom is -0.373 e. The van der Waals surface area contributed by atoms with Crippen LogP contribution in [0.1, 0.15) is 0 Å². The quantitative estimate of drug-likeness (QED) is 0.803. The van der Waals surface area contributed by atoms with Crippen LogP contribution >= 0.6 is 15.9 Å². The summed E-state index contributed by atoms with van der Waals surface area (Å²) < 4.78 is 2.51. The van der Waals surface area contributed by atoms with Crippen molar-refractivity contribution in [3.63, 3.8) is 0 Å². The van der Waals surface area contributed by atoms with Gasteiger partial charge < -0.3 is 5.32 Å². The Bertz CT molecular complexity index is 409. The third-order valence-corrected chi connectivity index (χ3v) is 1.94. The second-order valence-electron chi connectivity index (χ2n) is 2.33. The van der Waals surface area contributed by atoms with Crippen LogP contribution in [0.15, 0.2) is 22.9 Å². The van der Waals surface area contributed by atoms with Gasteiger partial charge in [0.05, 0.1) is 0 Å². The van der Waals surface area contributed by atoms with Gasteiger partial charge in [0.15, 0.2) is 5.65 Å². The monoisotopic (exact) mass is 226 g/mol. The molecule has 2 aromatic heterocycles. The van der Waals surface area contributed by atoms with E-state index in [1.165, 1.54) is 0 Å². The van der Waals surface area contributed by atoms with E-state index < -0.39 is 0 Å². The summed E-state index contributed by atoms with van der Waals surface area (Å²) >= 11 is 3.28. The van der Waals surface area contributed by atoms with E-state index >= 15 is 0 Å². The standard InChI is InChI=1S/C7H7BrN4/c1-9-6-2-3-12-7(10-6)4-5(8)11-12/h2-4H,1H3,(H,9,10). The smallest absolute Gasteiger partial charge is 0.158 e. The van der Waals surface area contributed by atoms with Crippen LogP contribution in [0.3, 0.4) is 0 Å². The number of rotatable bonds is 1. The first-order valence-corrected chi connectivity index (χ1v) is 4.28. The van der Waals surface area contributed by atoms with E-state index in [1.807, 2.05) is 25.4 Å². The molecule has 0 fully saturated rings. The molecule has 0 aliphatic rings. The maximum absolute atomic E-state index is 4.27. The summed E-state index contributed by atoms with van der Waals surface area (Å²) in [6.07, 6.45) is 1.86. The molecule has 0 unspecified atom stereocenters. The number of aromatic nitrogens is 3. The van der Waals surface area contributed by atoms with Gasteiger partial charge in [-0.15, -0.1) is 0 Å². The first kappa shape index (κ1) is 7.54. The highest BCUT2D eigenvalue weighted by Gasteiger charge is 1.99. The molecule has 2 aromatic rings. The van der Waals surface area contributed by atoms with Gasteiger partial charge in [-0.1, -0.05) is 0 Å². The van der Waals surface area contributed by atoms with E-state index in [4.69, 9.17) is 0 Å². The lowest BCUT2D eigenvalue weighted by Gasteiger charge is -1.97. The van der Waals surface area contributed by atoms with Gasteiger partial charge in [-0.05, 0) is 22.0 Å². The van der Waals surface area contributed by atoms with Crippen LogP contribution in [0, 0.1) is 0 Å². The average Bonchev–Trinajstić information content (AvgIpc) is 2.43. The van der Waals surface area contributed by atoms with Gasteiger partial charge in [-0.25, -0.2) is 9.50 Å². The Hall–Kier alpha value is -1.10. The van der Waals surface area contributed by atoms with Gasteiger partial charge in [0.2, 0.25) is 0 Å². The van der Waals surface area contributed by atoms with Crippen molar-refractivity contribution in [1.29, 1.82) is 0 Å². The maximum Gasteiger partial charge on any atom is 0.158 e. The number of nitrogens with one attached hydrogen (secondary N) is 1. The molecule has 0 aliphatic heterocycles. The van der Waals surface area contributed by atoms with Gasteiger partial charge in [0, 0.05) is 19.3 Å². The fourth-order valence-corrected chi connectivity index (χ4v) is 1.37. The molecule has 2 heterocycles. The molecule has 2 rings (SSSR count). The Labute approximate surface area is 77.7 Å². The SMILES string of the molecule is CNc1ccn2nc(Br)cc2n1. The third-order valence-electron chi connectivity index (χ3n) is 1.55. The number of halogens is 1. The molecule has 0 aromatic carbocycles. The maximum atomic E-state index is 4.27. The summed E-state index contributed by atoms with van der Waals surface area (Å²) in [5, 5.41) is 7.09. The van der Waals surface area contributed by atoms with Crippen LogP contribution in [0.5, 0.6) is 0 Å². The summed E-state index contributed by atoms with van der Waals surface area (Å²) in [7, 11) is 1.84. The van der Waals surface area contributed by atoms with Gasteiger partial charge in [-0.3, -0.25) is 0 Å². The van der Waals surface area contributed by atoms with Crippen molar-refractivity contribution >= 4 is 27.4 Å².